The van der Waals surface area contributed by atoms with Crippen LogP contribution in [0.4, 0.5) is 18.9 Å². The Labute approximate surface area is 107 Å². The van der Waals surface area contributed by atoms with Crippen LogP contribution in [0.3, 0.4) is 0 Å². The number of hydrogen-bond acceptors (Lipinski definition) is 4. The van der Waals surface area contributed by atoms with Crippen LogP contribution in [0.1, 0.15) is 5.56 Å². The van der Waals surface area contributed by atoms with E-state index in [0.29, 0.717) is 12.1 Å². The molecule has 0 aliphatic carbocycles. The minimum Gasteiger partial charge on any atom is -0.418 e. The summed E-state index contributed by atoms with van der Waals surface area (Å²) < 4.78 is 41.9. The average Bonchev–Trinajstić information content (AvgIpc) is 2.26. The van der Waals surface area contributed by atoms with Gasteiger partial charge in [0.2, 0.25) is 0 Å². The van der Waals surface area contributed by atoms with Gasteiger partial charge in [0.1, 0.15) is 10.6 Å². The van der Waals surface area contributed by atoms with Gasteiger partial charge in [-0.25, -0.2) is 4.79 Å². The van der Waals surface area contributed by atoms with E-state index in [1.165, 1.54) is 0 Å². The van der Waals surface area contributed by atoms with Gasteiger partial charge in [-0.3, -0.25) is 10.1 Å². The van der Waals surface area contributed by atoms with Crippen LogP contribution in [0, 0.1) is 10.1 Å². The first-order valence-corrected chi connectivity index (χ1v) is 5.07. The van der Waals surface area contributed by atoms with Crippen molar-refractivity contribution >= 4 is 28.3 Å². The Bertz CT molecular complexity index is 738. The largest absolute Gasteiger partial charge is 0.418 e. The van der Waals surface area contributed by atoms with Crippen molar-refractivity contribution in [1.29, 1.82) is 0 Å². The van der Waals surface area contributed by atoms with E-state index in [-0.39, 0.29) is 5.39 Å². The van der Waals surface area contributed by atoms with Gasteiger partial charge in [0.05, 0.1) is 10.5 Å². The Hall–Kier alpha value is -2.09. The topological polar surface area (TPSA) is 73.3 Å². The van der Waals surface area contributed by atoms with Crippen LogP contribution in [-0.4, -0.2) is 4.92 Å². The highest BCUT2D eigenvalue weighted by Crippen LogP contribution is 2.34. The maximum atomic E-state index is 12.5. The van der Waals surface area contributed by atoms with Crippen molar-refractivity contribution in [3.63, 3.8) is 0 Å². The minimum atomic E-state index is -4.62. The second-order valence-electron chi connectivity index (χ2n) is 3.52. The molecule has 0 atom stereocenters. The lowest BCUT2D eigenvalue weighted by molar-refractivity contribution is -0.387. The second-order valence-corrected chi connectivity index (χ2v) is 3.90. The van der Waals surface area contributed by atoms with Crippen LogP contribution in [0.5, 0.6) is 0 Å². The van der Waals surface area contributed by atoms with Gasteiger partial charge in [-0.2, -0.15) is 13.2 Å². The zero-order valence-corrected chi connectivity index (χ0v) is 9.58. The summed E-state index contributed by atoms with van der Waals surface area (Å²) in [6.07, 6.45) is -4.62. The number of nitrogens with zero attached hydrogens (tertiary/aromatic N) is 1. The molecule has 2 aromatic rings. The molecule has 1 aromatic heterocycles. The Morgan fingerprint density at radius 3 is 2.47 bits per heavy atom. The third-order valence-corrected chi connectivity index (χ3v) is 2.71. The monoisotopic (exact) mass is 293 g/mol. The Morgan fingerprint density at radius 1 is 1.32 bits per heavy atom. The maximum Gasteiger partial charge on any atom is 0.416 e. The molecule has 0 fully saturated rings. The quantitative estimate of drug-likeness (QED) is 0.459. The molecule has 0 radical (unpaired) electrons. The second kappa shape index (κ2) is 4.23. The highest BCUT2D eigenvalue weighted by atomic mass is 35.5. The first kappa shape index (κ1) is 13.3. The van der Waals surface area contributed by atoms with Crippen LogP contribution in [0.25, 0.3) is 11.0 Å². The molecule has 9 heteroatoms. The Morgan fingerprint density at radius 2 is 1.95 bits per heavy atom. The normalized spacial score (nSPS) is 11.8. The molecule has 0 saturated heterocycles. The first-order valence-electron chi connectivity index (χ1n) is 4.70. The molecule has 5 nitrogen and oxygen atoms in total. The van der Waals surface area contributed by atoms with Gasteiger partial charge >= 0.3 is 17.5 Å². The average molecular weight is 294 g/mol. The van der Waals surface area contributed by atoms with Gasteiger partial charge in [0.25, 0.3) is 0 Å². The predicted molar refractivity (Wildman–Crippen MR) is 59.2 cm³/mol. The van der Waals surface area contributed by atoms with Crippen LogP contribution in [-0.2, 0) is 6.18 Å². The summed E-state index contributed by atoms with van der Waals surface area (Å²) in [5.41, 5.74) is -3.92. The molecule has 1 aromatic carbocycles. The van der Waals surface area contributed by atoms with Crippen molar-refractivity contribution in [3.8, 4) is 0 Å². The summed E-state index contributed by atoms with van der Waals surface area (Å²) >= 11 is 5.63. The Kier molecular flexibility index (Phi) is 2.97. The van der Waals surface area contributed by atoms with E-state index in [4.69, 9.17) is 11.6 Å². The van der Waals surface area contributed by atoms with Crippen LogP contribution < -0.4 is 5.63 Å². The van der Waals surface area contributed by atoms with E-state index >= 15 is 0 Å². The van der Waals surface area contributed by atoms with E-state index < -0.39 is 38.6 Å². The van der Waals surface area contributed by atoms with Gasteiger partial charge in [-0.05, 0) is 18.2 Å². The molecule has 0 amide bonds. The van der Waals surface area contributed by atoms with E-state index in [1.54, 1.807) is 0 Å². The summed E-state index contributed by atoms with van der Waals surface area (Å²) in [7, 11) is 0. The van der Waals surface area contributed by atoms with E-state index in [9.17, 15) is 28.1 Å². The van der Waals surface area contributed by atoms with Crippen molar-refractivity contribution in [2.24, 2.45) is 0 Å². The smallest absolute Gasteiger partial charge is 0.416 e. The van der Waals surface area contributed by atoms with Gasteiger partial charge < -0.3 is 4.42 Å². The molecule has 0 unspecified atom stereocenters. The number of fused-ring (bicyclic) bond motifs is 1. The number of hydrogen-bond donors (Lipinski definition) is 0. The fourth-order valence-corrected chi connectivity index (χ4v) is 1.79. The van der Waals surface area contributed by atoms with Crippen LogP contribution in [0.15, 0.2) is 27.4 Å². The summed E-state index contributed by atoms with van der Waals surface area (Å²) in [5.74, 6) is 0. The molecule has 1 heterocycles. The van der Waals surface area contributed by atoms with E-state index in [2.05, 4.69) is 4.42 Å². The lowest BCUT2D eigenvalue weighted by Crippen LogP contribution is -2.09. The molecule has 0 aliphatic rings. The first-order chi connectivity index (χ1) is 8.71. The van der Waals surface area contributed by atoms with Crippen LogP contribution >= 0.6 is 11.6 Å². The molecular weight excluding hydrogens is 291 g/mol. The predicted octanol–water partition coefficient (Wildman–Crippen LogP) is 3.37. The number of alkyl halides is 3. The maximum absolute atomic E-state index is 12.5. The summed E-state index contributed by atoms with van der Waals surface area (Å²) in [4.78, 5) is 20.8. The summed E-state index contributed by atoms with van der Waals surface area (Å²) in [6.45, 7) is 0. The molecule has 19 heavy (non-hydrogen) atoms. The molecular formula is C10H3ClF3NO4. The molecule has 0 aliphatic heterocycles. The fraction of sp³-hybridized carbons (Fsp3) is 0.100. The van der Waals surface area contributed by atoms with E-state index in [0.717, 1.165) is 6.07 Å². The van der Waals surface area contributed by atoms with Crippen molar-refractivity contribution in [1.82, 2.24) is 0 Å². The number of benzene rings is 1. The minimum absolute atomic E-state index is 0.138. The molecule has 0 bridgehead atoms. The molecule has 0 N–H and O–H groups in total. The Balaban J connectivity index is 2.82. The molecule has 0 spiro atoms. The van der Waals surface area contributed by atoms with Gasteiger partial charge in [0, 0.05) is 5.39 Å². The summed E-state index contributed by atoms with van der Waals surface area (Å²) in [6, 6.07) is 2.17. The van der Waals surface area contributed by atoms with Crippen molar-refractivity contribution in [2.75, 3.05) is 0 Å². The lowest BCUT2D eigenvalue weighted by atomic mass is 10.1. The molecule has 100 valence electrons. The third kappa shape index (κ3) is 2.26. The molecule has 2 rings (SSSR count). The number of halogens is 4. The standard InChI is InChI=1S/C10H3ClF3NO4/c11-7-5-2-1-4(10(12,13)14)3-6(5)19-9(16)8(7)15(17)18/h1-3H. The highest BCUT2D eigenvalue weighted by Gasteiger charge is 2.32. The molecule has 0 saturated carbocycles. The van der Waals surface area contributed by atoms with Gasteiger partial charge in [0.15, 0.2) is 0 Å². The number of rotatable bonds is 1. The third-order valence-electron chi connectivity index (χ3n) is 2.33. The summed E-state index contributed by atoms with van der Waals surface area (Å²) in [5, 5.41) is 9.90. The zero-order valence-electron chi connectivity index (χ0n) is 8.82. The van der Waals surface area contributed by atoms with Gasteiger partial charge in [-0.15, -0.1) is 0 Å². The zero-order chi connectivity index (χ0) is 14.4. The van der Waals surface area contributed by atoms with Crippen molar-refractivity contribution in [3.05, 3.63) is 49.3 Å². The van der Waals surface area contributed by atoms with Crippen LogP contribution in [0.2, 0.25) is 5.02 Å². The highest BCUT2D eigenvalue weighted by molar-refractivity contribution is 6.37. The van der Waals surface area contributed by atoms with Crippen molar-refractivity contribution in [2.45, 2.75) is 6.18 Å². The fourth-order valence-electron chi connectivity index (χ4n) is 1.48. The van der Waals surface area contributed by atoms with Gasteiger partial charge in [-0.1, -0.05) is 11.6 Å². The lowest BCUT2D eigenvalue weighted by Gasteiger charge is -2.07. The van der Waals surface area contributed by atoms with Crippen molar-refractivity contribution < 1.29 is 22.5 Å². The number of nitro groups is 1. The SMILES string of the molecule is O=c1oc2cc(C(F)(F)F)ccc2c(Cl)c1[N+](=O)[O-]. The van der Waals surface area contributed by atoms with E-state index in [1.807, 2.05) is 0 Å².